The summed E-state index contributed by atoms with van der Waals surface area (Å²) in [6.07, 6.45) is 0.424. The average Bonchev–Trinajstić information content (AvgIpc) is 3.32. The number of likely N-dealkylation sites (N-methyl/N-ethyl adjacent to an activating group) is 1. The van der Waals surface area contributed by atoms with E-state index in [0.717, 1.165) is 4.90 Å². The van der Waals surface area contributed by atoms with Gasteiger partial charge < -0.3 is 25.6 Å². The first kappa shape index (κ1) is 23.2. The molecule has 1 aromatic carbocycles. The van der Waals surface area contributed by atoms with Gasteiger partial charge in [-0.05, 0) is 43.7 Å². The van der Waals surface area contributed by atoms with Crippen LogP contribution in [0.2, 0.25) is 0 Å². The van der Waals surface area contributed by atoms with Crippen molar-refractivity contribution in [3.8, 4) is 0 Å². The monoisotopic (exact) mass is 469 g/mol. The summed E-state index contributed by atoms with van der Waals surface area (Å²) in [5.41, 5.74) is 3.17. The van der Waals surface area contributed by atoms with E-state index in [9.17, 15) is 28.7 Å². The van der Waals surface area contributed by atoms with Crippen molar-refractivity contribution in [2.24, 2.45) is 0 Å². The van der Waals surface area contributed by atoms with Crippen LogP contribution in [-0.2, 0) is 9.59 Å². The number of halogens is 1. The maximum Gasteiger partial charge on any atom is 0.327 e. The molecule has 5 amide bonds. The zero-order valence-electron chi connectivity index (χ0n) is 18.9. The normalized spacial score (nSPS) is 17.4. The number of nitrogens with one attached hydrogen (secondary N) is 3. The number of aromatic nitrogens is 1. The molecule has 0 aliphatic carbocycles. The highest BCUT2D eigenvalue weighted by molar-refractivity contribution is 6.34. The Morgan fingerprint density at radius 1 is 1.29 bits per heavy atom. The average molecular weight is 469 g/mol. The van der Waals surface area contributed by atoms with Crippen LogP contribution in [0.15, 0.2) is 18.2 Å². The van der Waals surface area contributed by atoms with E-state index in [1.54, 1.807) is 19.9 Å². The second-order valence-electron chi connectivity index (χ2n) is 8.37. The molecule has 4 rings (SSSR count). The van der Waals surface area contributed by atoms with E-state index >= 15 is 0 Å². The minimum Gasteiger partial charge on any atom is -0.389 e. The standard InChI is InChI=1S/C23H24FN5O5/c1-11-18(7-16-15-6-13(24)4-5-17(15)27-21(16)32)26-12(2)20(11)22(33)25-8-14(30)9-29-19(31)10-28(3)23(29)34/h4-7,14,26,30H,8-10H2,1-3H3,(H,25,33)(H,27,32)/t14-/m1/s1. The van der Waals surface area contributed by atoms with Gasteiger partial charge in [-0.3, -0.25) is 19.3 Å². The predicted octanol–water partition coefficient (Wildman–Crippen LogP) is 1.25. The van der Waals surface area contributed by atoms with Gasteiger partial charge in [-0.1, -0.05) is 0 Å². The fraction of sp³-hybridized carbons (Fsp3) is 0.304. The number of rotatable bonds is 6. The van der Waals surface area contributed by atoms with Gasteiger partial charge >= 0.3 is 6.03 Å². The number of amides is 5. The number of fused-ring (bicyclic) bond motifs is 1. The molecule has 0 bridgehead atoms. The summed E-state index contributed by atoms with van der Waals surface area (Å²) >= 11 is 0. The van der Waals surface area contributed by atoms with E-state index in [4.69, 9.17) is 0 Å². The highest BCUT2D eigenvalue weighted by Crippen LogP contribution is 2.34. The molecule has 1 aromatic heterocycles. The number of imide groups is 1. The molecule has 0 radical (unpaired) electrons. The third kappa shape index (κ3) is 4.17. The van der Waals surface area contributed by atoms with E-state index in [2.05, 4.69) is 15.6 Å². The first-order valence-corrected chi connectivity index (χ1v) is 10.6. The molecule has 1 saturated heterocycles. The van der Waals surface area contributed by atoms with Crippen molar-refractivity contribution >= 4 is 41.1 Å². The molecule has 3 heterocycles. The maximum atomic E-state index is 13.7. The number of hydrogen-bond acceptors (Lipinski definition) is 5. The summed E-state index contributed by atoms with van der Waals surface area (Å²) in [7, 11) is 1.49. The third-order valence-corrected chi connectivity index (χ3v) is 5.88. The Morgan fingerprint density at radius 3 is 2.71 bits per heavy atom. The summed E-state index contributed by atoms with van der Waals surface area (Å²) in [5.74, 6) is -1.72. The van der Waals surface area contributed by atoms with Gasteiger partial charge in [0.05, 0.1) is 23.8 Å². The predicted molar refractivity (Wildman–Crippen MR) is 121 cm³/mol. The number of aliphatic hydroxyl groups excluding tert-OH is 1. The Balaban J connectivity index is 1.48. The van der Waals surface area contributed by atoms with E-state index in [1.807, 2.05) is 0 Å². The number of aryl methyl sites for hydroxylation is 1. The lowest BCUT2D eigenvalue weighted by atomic mass is 10.0. The topological polar surface area (TPSA) is 135 Å². The van der Waals surface area contributed by atoms with Gasteiger partial charge in [0.15, 0.2) is 0 Å². The van der Waals surface area contributed by atoms with E-state index in [-0.39, 0.29) is 31.1 Å². The number of aromatic amines is 1. The summed E-state index contributed by atoms with van der Waals surface area (Å²) < 4.78 is 13.7. The van der Waals surface area contributed by atoms with Crippen LogP contribution >= 0.6 is 0 Å². The smallest absolute Gasteiger partial charge is 0.327 e. The Kier molecular flexibility index (Phi) is 5.96. The number of H-pyrrole nitrogens is 1. The number of aliphatic hydroxyl groups is 1. The first-order valence-electron chi connectivity index (χ1n) is 10.6. The maximum absolute atomic E-state index is 13.7. The molecule has 178 valence electrons. The molecule has 34 heavy (non-hydrogen) atoms. The van der Waals surface area contributed by atoms with Crippen molar-refractivity contribution in [1.29, 1.82) is 0 Å². The minimum atomic E-state index is -1.14. The molecule has 11 heteroatoms. The number of carbonyl (C=O) groups excluding carboxylic acids is 4. The highest BCUT2D eigenvalue weighted by Gasteiger charge is 2.34. The largest absolute Gasteiger partial charge is 0.389 e. The van der Waals surface area contributed by atoms with Crippen molar-refractivity contribution in [1.82, 2.24) is 20.1 Å². The summed E-state index contributed by atoms with van der Waals surface area (Å²) in [5, 5.41) is 15.5. The van der Waals surface area contributed by atoms with Gasteiger partial charge in [-0.25, -0.2) is 9.18 Å². The van der Waals surface area contributed by atoms with E-state index < -0.39 is 29.8 Å². The van der Waals surface area contributed by atoms with Crippen LogP contribution in [0.1, 0.15) is 32.9 Å². The summed E-state index contributed by atoms with van der Waals surface area (Å²) in [6, 6.07) is 3.52. The second-order valence-corrected chi connectivity index (χ2v) is 8.37. The van der Waals surface area contributed by atoms with Gasteiger partial charge in [-0.2, -0.15) is 0 Å². The zero-order valence-corrected chi connectivity index (χ0v) is 18.9. The Morgan fingerprint density at radius 2 is 2.03 bits per heavy atom. The van der Waals surface area contributed by atoms with Crippen LogP contribution in [0.25, 0.3) is 11.6 Å². The Hall–Kier alpha value is -3.99. The van der Waals surface area contributed by atoms with Crippen LogP contribution < -0.4 is 10.6 Å². The molecule has 0 unspecified atom stereocenters. The molecule has 2 aliphatic heterocycles. The van der Waals surface area contributed by atoms with Crippen LogP contribution in [0, 0.1) is 19.7 Å². The number of urea groups is 1. The lowest BCUT2D eigenvalue weighted by Gasteiger charge is -2.18. The molecule has 10 nitrogen and oxygen atoms in total. The fourth-order valence-corrected chi connectivity index (χ4v) is 4.13. The minimum absolute atomic E-state index is 0.0485. The number of nitrogens with zero attached hydrogens (tertiary/aromatic N) is 2. The van der Waals surface area contributed by atoms with Crippen LogP contribution in [0.5, 0.6) is 0 Å². The van der Waals surface area contributed by atoms with Crippen molar-refractivity contribution in [3.05, 3.63) is 52.1 Å². The quantitative estimate of drug-likeness (QED) is 0.373. The highest BCUT2D eigenvalue weighted by atomic mass is 19.1. The molecule has 2 aliphatic rings. The van der Waals surface area contributed by atoms with Gasteiger partial charge in [-0.15, -0.1) is 0 Å². The first-order chi connectivity index (χ1) is 16.1. The fourth-order valence-electron chi connectivity index (χ4n) is 4.13. The van der Waals surface area contributed by atoms with Crippen LogP contribution in [-0.4, -0.2) is 76.4 Å². The van der Waals surface area contributed by atoms with Crippen LogP contribution in [0.4, 0.5) is 14.9 Å². The van der Waals surface area contributed by atoms with Gasteiger partial charge in [0.2, 0.25) is 5.91 Å². The molecular formula is C23H24FN5O5. The van der Waals surface area contributed by atoms with Crippen molar-refractivity contribution in [2.45, 2.75) is 20.0 Å². The summed E-state index contributed by atoms with van der Waals surface area (Å²) in [6.45, 7) is 2.95. The summed E-state index contributed by atoms with van der Waals surface area (Å²) in [4.78, 5) is 54.3. The Bertz CT molecular complexity index is 1250. The van der Waals surface area contributed by atoms with Gasteiger partial charge in [0.25, 0.3) is 11.8 Å². The number of benzene rings is 1. The van der Waals surface area contributed by atoms with Gasteiger partial charge in [0.1, 0.15) is 12.4 Å². The molecule has 0 spiro atoms. The van der Waals surface area contributed by atoms with Crippen molar-refractivity contribution in [3.63, 3.8) is 0 Å². The lowest BCUT2D eigenvalue weighted by Crippen LogP contribution is -2.43. The number of carbonyl (C=O) groups is 4. The van der Waals surface area contributed by atoms with Crippen molar-refractivity contribution < 1.29 is 28.7 Å². The lowest BCUT2D eigenvalue weighted by molar-refractivity contribution is -0.126. The number of anilines is 1. The van der Waals surface area contributed by atoms with Crippen molar-refractivity contribution in [2.75, 3.05) is 32.0 Å². The third-order valence-electron chi connectivity index (χ3n) is 5.88. The molecule has 1 atom stereocenters. The molecule has 2 aromatic rings. The molecular weight excluding hydrogens is 445 g/mol. The second kappa shape index (κ2) is 8.75. The zero-order chi connectivity index (χ0) is 24.7. The molecule has 4 N–H and O–H groups in total. The molecule has 1 fully saturated rings. The van der Waals surface area contributed by atoms with E-state index in [0.29, 0.717) is 33.8 Å². The molecule has 0 saturated carbocycles. The van der Waals surface area contributed by atoms with Crippen LogP contribution in [0.3, 0.4) is 0 Å². The Labute approximate surface area is 194 Å². The van der Waals surface area contributed by atoms with E-state index in [1.165, 1.54) is 30.1 Å². The number of hydrogen-bond donors (Lipinski definition) is 4. The van der Waals surface area contributed by atoms with Gasteiger partial charge in [0, 0.05) is 36.2 Å². The SMILES string of the molecule is Cc1[nH]c(C=C2C(=O)Nc3ccc(F)cc32)c(C)c1C(=O)NC[C@@H](O)CN1C(=O)CN(C)C1=O. The number of β-amino-alcohol motifs (C(OH)–C–C–N with tert-alkyl or cyclic N) is 1.